The molecule has 92 valence electrons. The highest BCUT2D eigenvalue weighted by molar-refractivity contribution is 5.18. The fraction of sp³-hybridized carbons (Fsp3) is 0.750. The van der Waals surface area contributed by atoms with Crippen LogP contribution in [0.1, 0.15) is 44.5 Å². The summed E-state index contributed by atoms with van der Waals surface area (Å²) in [6.07, 6.45) is 2.49. The topological polar surface area (TPSA) is 60.9 Å². The first kappa shape index (κ1) is 13.2. The lowest BCUT2D eigenvalue weighted by Gasteiger charge is -2.18. The summed E-state index contributed by atoms with van der Waals surface area (Å²) >= 11 is 0. The molecule has 0 radical (unpaired) electrons. The van der Waals surface area contributed by atoms with Crippen LogP contribution in [0, 0.1) is 12.8 Å². The third-order valence-electron chi connectivity index (χ3n) is 2.85. The molecule has 0 amide bonds. The van der Waals surface area contributed by atoms with Crippen LogP contribution in [0.15, 0.2) is 6.20 Å². The molecule has 4 heteroatoms. The van der Waals surface area contributed by atoms with E-state index in [1.165, 1.54) is 5.56 Å². The second-order valence-corrected chi connectivity index (χ2v) is 4.77. The van der Waals surface area contributed by atoms with E-state index >= 15 is 0 Å². The number of hydrogen-bond acceptors (Lipinski definition) is 3. The zero-order chi connectivity index (χ0) is 12.1. The summed E-state index contributed by atoms with van der Waals surface area (Å²) < 4.78 is 0. The summed E-state index contributed by atoms with van der Waals surface area (Å²) in [5.41, 5.74) is 2.33. The predicted molar refractivity (Wildman–Crippen MR) is 65.2 cm³/mol. The molecule has 1 heterocycles. The lowest BCUT2D eigenvalue weighted by molar-refractivity contribution is 0.162. The van der Waals surface area contributed by atoms with Crippen molar-refractivity contribution in [2.24, 2.45) is 5.92 Å². The van der Waals surface area contributed by atoms with Gasteiger partial charge in [-0.1, -0.05) is 6.92 Å². The van der Waals surface area contributed by atoms with Gasteiger partial charge >= 0.3 is 0 Å². The molecule has 0 saturated heterocycles. The lowest BCUT2D eigenvalue weighted by Crippen LogP contribution is -2.26. The van der Waals surface area contributed by atoms with E-state index in [1.807, 2.05) is 20.0 Å². The summed E-state index contributed by atoms with van der Waals surface area (Å²) in [6.45, 7) is 9.05. The maximum absolute atomic E-state index is 9.27. The average Bonchev–Trinajstić information content (AvgIpc) is 2.60. The zero-order valence-corrected chi connectivity index (χ0v) is 10.6. The minimum Gasteiger partial charge on any atom is -0.393 e. The molecule has 1 aromatic rings. The van der Waals surface area contributed by atoms with Crippen LogP contribution in [-0.4, -0.2) is 28.0 Å². The van der Waals surface area contributed by atoms with E-state index in [0.717, 1.165) is 18.7 Å². The highest BCUT2D eigenvalue weighted by Crippen LogP contribution is 2.15. The van der Waals surface area contributed by atoms with Crippen molar-refractivity contribution in [3.8, 4) is 0 Å². The minimum absolute atomic E-state index is 0.220. The molecule has 3 atom stereocenters. The van der Waals surface area contributed by atoms with E-state index in [9.17, 15) is 5.11 Å². The van der Waals surface area contributed by atoms with E-state index in [1.54, 1.807) is 0 Å². The van der Waals surface area contributed by atoms with E-state index in [0.29, 0.717) is 12.0 Å². The number of aliphatic hydroxyl groups excluding tert-OH is 1. The summed E-state index contributed by atoms with van der Waals surface area (Å²) in [5, 5.41) is 19.7. The molecule has 0 aliphatic carbocycles. The zero-order valence-electron chi connectivity index (χ0n) is 10.6. The van der Waals surface area contributed by atoms with Gasteiger partial charge in [-0.25, -0.2) is 0 Å². The molecule has 0 spiro atoms. The van der Waals surface area contributed by atoms with Crippen molar-refractivity contribution in [2.75, 3.05) is 6.54 Å². The van der Waals surface area contributed by atoms with Gasteiger partial charge in [-0.3, -0.25) is 5.10 Å². The second kappa shape index (κ2) is 6.01. The summed E-state index contributed by atoms with van der Waals surface area (Å²) in [5.74, 6) is 0.481. The van der Waals surface area contributed by atoms with Gasteiger partial charge in [0.1, 0.15) is 0 Å². The van der Waals surface area contributed by atoms with Crippen LogP contribution in [0.4, 0.5) is 0 Å². The van der Waals surface area contributed by atoms with Crippen LogP contribution in [0.2, 0.25) is 0 Å². The number of nitrogens with zero attached hydrogens (tertiary/aromatic N) is 1. The maximum Gasteiger partial charge on any atom is 0.0537 e. The number of aryl methyl sites for hydroxylation is 1. The van der Waals surface area contributed by atoms with Crippen LogP contribution in [0.5, 0.6) is 0 Å². The number of aromatic nitrogens is 2. The molecule has 4 nitrogen and oxygen atoms in total. The highest BCUT2D eigenvalue weighted by atomic mass is 16.3. The van der Waals surface area contributed by atoms with Crippen molar-refractivity contribution in [3.05, 3.63) is 17.5 Å². The molecule has 1 rings (SSSR count). The van der Waals surface area contributed by atoms with Gasteiger partial charge in [-0.2, -0.15) is 5.10 Å². The maximum atomic E-state index is 9.27. The quantitative estimate of drug-likeness (QED) is 0.691. The van der Waals surface area contributed by atoms with Crippen LogP contribution in [0.3, 0.4) is 0 Å². The Balaban J connectivity index is 2.35. The molecule has 16 heavy (non-hydrogen) atoms. The monoisotopic (exact) mass is 225 g/mol. The third kappa shape index (κ3) is 3.94. The van der Waals surface area contributed by atoms with Crippen LogP contribution >= 0.6 is 0 Å². The number of rotatable bonds is 6. The number of H-pyrrole nitrogens is 1. The fourth-order valence-corrected chi connectivity index (χ4v) is 1.95. The molecule has 3 N–H and O–H groups in total. The van der Waals surface area contributed by atoms with Gasteiger partial charge in [-0.15, -0.1) is 0 Å². The molecular weight excluding hydrogens is 202 g/mol. The number of aliphatic hydroxyl groups is 1. The minimum atomic E-state index is -0.220. The largest absolute Gasteiger partial charge is 0.393 e. The van der Waals surface area contributed by atoms with Gasteiger partial charge in [0.05, 0.1) is 12.3 Å². The van der Waals surface area contributed by atoms with Crippen molar-refractivity contribution in [1.82, 2.24) is 15.5 Å². The summed E-state index contributed by atoms with van der Waals surface area (Å²) in [4.78, 5) is 0. The second-order valence-electron chi connectivity index (χ2n) is 4.77. The molecule has 0 fully saturated rings. The Kier molecular flexibility index (Phi) is 4.96. The normalized spacial score (nSPS) is 17.1. The average molecular weight is 225 g/mol. The van der Waals surface area contributed by atoms with Gasteiger partial charge in [0.2, 0.25) is 0 Å². The first-order chi connectivity index (χ1) is 7.50. The molecule has 3 unspecified atom stereocenters. The number of aromatic amines is 1. The summed E-state index contributed by atoms with van der Waals surface area (Å²) in [6, 6.07) is 0.301. The van der Waals surface area contributed by atoms with Gasteiger partial charge in [0.15, 0.2) is 0 Å². The van der Waals surface area contributed by atoms with E-state index in [4.69, 9.17) is 0 Å². The molecule has 0 aliphatic rings. The van der Waals surface area contributed by atoms with Crippen molar-refractivity contribution < 1.29 is 5.11 Å². The number of nitrogens with one attached hydrogen (secondary N) is 2. The van der Waals surface area contributed by atoms with E-state index < -0.39 is 0 Å². The van der Waals surface area contributed by atoms with Crippen molar-refractivity contribution in [2.45, 2.75) is 46.3 Å². The van der Waals surface area contributed by atoms with Gasteiger partial charge < -0.3 is 10.4 Å². The molecule has 0 aliphatic heterocycles. The lowest BCUT2D eigenvalue weighted by atomic mass is 10.0. The highest BCUT2D eigenvalue weighted by Gasteiger charge is 2.12. The van der Waals surface area contributed by atoms with Crippen molar-refractivity contribution >= 4 is 0 Å². The Bertz CT molecular complexity index is 309. The predicted octanol–water partition coefficient (Wildman–Crippen LogP) is 1.78. The Morgan fingerprint density at radius 2 is 2.12 bits per heavy atom. The summed E-state index contributed by atoms with van der Waals surface area (Å²) in [7, 11) is 0. The Morgan fingerprint density at radius 1 is 1.44 bits per heavy atom. The Hall–Kier alpha value is -0.870. The van der Waals surface area contributed by atoms with E-state index in [-0.39, 0.29) is 6.10 Å². The third-order valence-corrected chi connectivity index (χ3v) is 2.85. The van der Waals surface area contributed by atoms with Gasteiger partial charge in [0, 0.05) is 17.3 Å². The fourth-order valence-electron chi connectivity index (χ4n) is 1.95. The smallest absolute Gasteiger partial charge is 0.0537 e. The van der Waals surface area contributed by atoms with Crippen LogP contribution in [-0.2, 0) is 0 Å². The number of hydrogen-bond donors (Lipinski definition) is 3. The van der Waals surface area contributed by atoms with E-state index in [2.05, 4.69) is 29.4 Å². The first-order valence-electron chi connectivity index (χ1n) is 5.92. The van der Waals surface area contributed by atoms with Crippen molar-refractivity contribution in [3.63, 3.8) is 0 Å². The SMILES string of the molecule is Cc1[nH]ncc1C(C)NCC(C)CC(C)O. The molecule has 1 aromatic heterocycles. The van der Waals surface area contributed by atoms with Crippen LogP contribution in [0.25, 0.3) is 0 Å². The molecular formula is C12H23N3O. The van der Waals surface area contributed by atoms with Crippen LogP contribution < -0.4 is 5.32 Å². The first-order valence-corrected chi connectivity index (χ1v) is 5.92. The van der Waals surface area contributed by atoms with Crippen molar-refractivity contribution in [1.29, 1.82) is 0 Å². The standard InChI is InChI=1S/C12H23N3O/c1-8(5-9(2)16)6-13-10(3)12-7-14-15-11(12)4/h7-10,13,16H,5-6H2,1-4H3,(H,14,15). The van der Waals surface area contributed by atoms with Gasteiger partial charge in [0.25, 0.3) is 0 Å². The Morgan fingerprint density at radius 3 is 2.62 bits per heavy atom. The Labute approximate surface area is 97.5 Å². The molecule has 0 bridgehead atoms. The molecule has 0 aromatic carbocycles. The molecule has 0 saturated carbocycles. The van der Waals surface area contributed by atoms with Gasteiger partial charge in [-0.05, 0) is 39.7 Å².